The van der Waals surface area contributed by atoms with E-state index < -0.39 is 11.7 Å². The highest BCUT2D eigenvalue weighted by Crippen LogP contribution is 2.32. The normalized spacial score (nSPS) is 19.2. The van der Waals surface area contributed by atoms with E-state index >= 15 is 0 Å². The molecule has 0 saturated carbocycles. The first kappa shape index (κ1) is 17.0. The molecule has 1 heterocycles. The zero-order valence-electron chi connectivity index (χ0n) is 14.4. The second kappa shape index (κ2) is 6.93. The van der Waals surface area contributed by atoms with Crippen LogP contribution < -0.4 is 0 Å². The molecule has 2 amide bonds. The molecule has 3 rings (SSSR count). The highest BCUT2D eigenvalue weighted by atomic mass is 16.6. The van der Waals surface area contributed by atoms with E-state index in [1.54, 1.807) is 6.08 Å². The molecule has 1 saturated heterocycles. The Labute approximate surface area is 147 Å². The van der Waals surface area contributed by atoms with Gasteiger partial charge in [0.15, 0.2) is 0 Å². The number of ether oxygens (including phenoxy) is 1. The molecule has 0 bridgehead atoms. The number of rotatable bonds is 4. The molecule has 0 aromatic heterocycles. The first-order valence-corrected chi connectivity index (χ1v) is 8.30. The second-order valence-electron chi connectivity index (χ2n) is 6.63. The summed E-state index contributed by atoms with van der Waals surface area (Å²) in [6.45, 7) is 3.68. The van der Waals surface area contributed by atoms with Crippen molar-refractivity contribution < 1.29 is 14.3 Å². The van der Waals surface area contributed by atoms with Gasteiger partial charge in [0.25, 0.3) is 5.91 Å². The Morgan fingerprint density at radius 1 is 1.08 bits per heavy atom. The van der Waals surface area contributed by atoms with Gasteiger partial charge in [0, 0.05) is 6.08 Å². The molecule has 1 fully saturated rings. The Kier molecular flexibility index (Phi) is 4.70. The standard InChI is InChI=1S/C21H21NO3/c1-21(2)18(15-17-11-7-4-8-12-17)22(20(24)25-21)19(23)14-13-16-9-5-3-6-10-16/h3-14,18H,15H2,1-2H3/t18-/m0/s1. The summed E-state index contributed by atoms with van der Waals surface area (Å²) in [5.74, 6) is -0.361. The summed E-state index contributed by atoms with van der Waals surface area (Å²) >= 11 is 0. The summed E-state index contributed by atoms with van der Waals surface area (Å²) in [5, 5.41) is 0. The van der Waals surface area contributed by atoms with Crippen LogP contribution in [0.1, 0.15) is 25.0 Å². The fourth-order valence-corrected chi connectivity index (χ4v) is 3.01. The van der Waals surface area contributed by atoms with E-state index in [1.807, 2.05) is 74.5 Å². The van der Waals surface area contributed by atoms with Gasteiger partial charge < -0.3 is 4.74 Å². The lowest BCUT2D eigenvalue weighted by Crippen LogP contribution is -2.45. The van der Waals surface area contributed by atoms with Crippen molar-refractivity contribution in [2.45, 2.75) is 31.9 Å². The van der Waals surface area contributed by atoms with Gasteiger partial charge in [-0.1, -0.05) is 60.7 Å². The van der Waals surface area contributed by atoms with Gasteiger partial charge in [-0.3, -0.25) is 4.79 Å². The highest BCUT2D eigenvalue weighted by Gasteiger charge is 2.49. The molecule has 2 aromatic carbocycles. The Bertz CT molecular complexity index is 781. The maximum absolute atomic E-state index is 12.7. The molecule has 1 aliphatic rings. The van der Waals surface area contributed by atoms with Crippen LogP contribution in [0.2, 0.25) is 0 Å². The van der Waals surface area contributed by atoms with Crippen LogP contribution in [-0.2, 0) is 16.0 Å². The fourth-order valence-electron chi connectivity index (χ4n) is 3.01. The van der Waals surface area contributed by atoms with Gasteiger partial charge in [-0.2, -0.15) is 0 Å². The molecular formula is C21H21NO3. The molecule has 128 valence electrons. The van der Waals surface area contributed by atoms with Crippen LogP contribution >= 0.6 is 0 Å². The Hall–Kier alpha value is -2.88. The zero-order chi connectivity index (χ0) is 17.9. The number of nitrogens with zero attached hydrogens (tertiary/aromatic N) is 1. The Balaban J connectivity index is 1.82. The summed E-state index contributed by atoms with van der Waals surface area (Å²) in [7, 11) is 0. The molecule has 0 radical (unpaired) electrons. The first-order valence-electron chi connectivity index (χ1n) is 8.30. The summed E-state index contributed by atoms with van der Waals surface area (Å²) in [4.78, 5) is 26.2. The van der Waals surface area contributed by atoms with Gasteiger partial charge in [-0.05, 0) is 37.5 Å². The fraction of sp³-hybridized carbons (Fsp3) is 0.238. The second-order valence-corrected chi connectivity index (χ2v) is 6.63. The molecule has 0 aliphatic carbocycles. The molecule has 1 atom stereocenters. The molecule has 0 unspecified atom stereocenters. The molecule has 2 aromatic rings. The van der Waals surface area contributed by atoms with Gasteiger partial charge in [-0.25, -0.2) is 9.69 Å². The summed E-state index contributed by atoms with van der Waals surface area (Å²) in [5.41, 5.74) is 1.23. The van der Waals surface area contributed by atoms with Gasteiger partial charge in [0.2, 0.25) is 0 Å². The van der Waals surface area contributed by atoms with Crippen molar-refractivity contribution in [2.75, 3.05) is 0 Å². The third-order valence-electron chi connectivity index (χ3n) is 4.39. The molecule has 0 spiro atoms. The van der Waals surface area contributed by atoms with E-state index in [4.69, 9.17) is 4.74 Å². The van der Waals surface area contributed by atoms with E-state index in [2.05, 4.69) is 0 Å². The number of carbonyl (C=O) groups is 2. The van der Waals surface area contributed by atoms with Crippen LogP contribution in [0, 0.1) is 0 Å². The van der Waals surface area contributed by atoms with Crippen molar-refractivity contribution in [3.05, 3.63) is 77.9 Å². The summed E-state index contributed by atoms with van der Waals surface area (Å²) in [6.07, 6.45) is 3.11. The summed E-state index contributed by atoms with van der Waals surface area (Å²) in [6, 6.07) is 19.0. The maximum atomic E-state index is 12.7. The number of imide groups is 1. The van der Waals surface area contributed by atoms with Crippen LogP contribution in [0.15, 0.2) is 66.7 Å². The monoisotopic (exact) mass is 335 g/mol. The van der Waals surface area contributed by atoms with Crippen LogP contribution in [0.5, 0.6) is 0 Å². The van der Waals surface area contributed by atoms with E-state index in [-0.39, 0.29) is 11.9 Å². The zero-order valence-corrected chi connectivity index (χ0v) is 14.4. The van der Waals surface area contributed by atoms with Crippen molar-refractivity contribution in [3.8, 4) is 0 Å². The van der Waals surface area contributed by atoms with E-state index in [1.165, 1.54) is 11.0 Å². The Morgan fingerprint density at radius 2 is 1.68 bits per heavy atom. The number of hydrogen-bond acceptors (Lipinski definition) is 3. The van der Waals surface area contributed by atoms with Crippen LogP contribution in [0.4, 0.5) is 4.79 Å². The van der Waals surface area contributed by atoms with Gasteiger partial charge in [0.05, 0.1) is 6.04 Å². The lowest BCUT2D eigenvalue weighted by Gasteiger charge is -2.27. The molecule has 4 nitrogen and oxygen atoms in total. The SMILES string of the molecule is CC1(C)OC(=O)N(C(=O)C=Cc2ccccc2)[C@H]1Cc1ccccc1. The van der Waals surface area contributed by atoms with Crippen molar-refractivity contribution in [1.82, 2.24) is 4.90 Å². The van der Waals surface area contributed by atoms with Gasteiger partial charge in [0.1, 0.15) is 5.60 Å². The largest absolute Gasteiger partial charge is 0.441 e. The minimum Gasteiger partial charge on any atom is -0.441 e. The quantitative estimate of drug-likeness (QED) is 0.791. The first-order chi connectivity index (χ1) is 12.0. The number of cyclic esters (lactones) is 1. The molecule has 25 heavy (non-hydrogen) atoms. The molecule has 1 aliphatic heterocycles. The molecule has 0 N–H and O–H groups in total. The van der Waals surface area contributed by atoms with Gasteiger partial charge >= 0.3 is 6.09 Å². The molecular weight excluding hydrogens is 314 g/mol. The Morgan fingerprint density at radius 3 is 2.32 bits per heavy atom. The predicted octanol–water partition coefficient (Wildman–Crippen LogP) is 4.07. The van der Waals surface area contributed by atoms with Crippen LogP contribution in [0.25, 0.3) is 6.08 Å². The van der Waals surface area contributed by atoms with E-state index in [0.29, 0.717) is 6.42 Å². The van der Waals surface area contributed by atoms with Crippen molar-refractivity contribution in [1.29, 1.82) is 0 Å². The highest BCUT2D eigenvalue weighted by molar-refractivity contribution is 6.02. The van der Waals surface area contributed by atoms with Crippen LogP contribution in [0.3, 0.4) is 0 Å². The maximum Gasteiger partial charge on any atom is 0.417 e. The average Bonchev–Trinajstić information content (AvgIpc) is 2.83. The third kappa shape index (κ3) is 3.79. The number of carbonyl (C=O) groups excluding carboxylic acids is 2. The predicted molar refractivity (Wildman–Crippen MR) is 96.8 cm³/mol. The number of amides is 2. The number of hydrogen-bond donors (Lipinski definition) is 0. The van der Waals surface area contributed by atoms with Crippen LogP contribution in [-0.4, -0.2) is 28.5 Å². The minimum absolute atomic E-state index is 0.352. The molecule has 4 heteroatoms. The minimum atomic E-state index is -0.733. The smallest absolute Gasteiger partial charge is 0.417 e. The third-order valence-corrected chi connectivity index (χ3v) is 4.39. The number of benzene rings is 2. The van der Waals surface area contributed by atoms with Crippen molar-refractivity contribution >= 4 is 18.1 Å². The van der Waals surface area contributed by atoms with E-state index in [0.717, 1.165) is 11.1 Å². The lowest BCUT2D eigenvalue weighted by molar-refractivity contribution is -0.124. The summed E-state index contributed by atoms with van der Waals surface area (Å²) < 4.78 is 5.45. The van der Waals surface area contributed by atoms with Gasteiger partial charge in [-0.15, -0.1) is 0 Å². The average molecular weight is 335 g/mol. The van der Waals surface area contributed by atoms with Crippen molar-refractivity contribution in [3.63, 3.8) is 0 Å². The van der Waals surface area contributed by atoms with E-state index in [9.17, 15) is 9.59 Å². The topological polar surface area (TPSA) is 46.6 Å². The lowest BCUT2D eigenvalue weighted by atomic mass is 9.92. The van der Waals surface area contributed by atoms with Crippen molar-refractivity contribution in [2.24, 2.45) is 0 Å².